The van der Waals surface area contributed by atoms with Crippen LogP contribution in [0.3, 0.4) is 0 Å². The molecule has 0 aliphatic heterocycles. The van der Waals surface area contributed by atoms with Crippen molar-refractivity contribution in [3.63, 3.8) is 0 Å². The minimum absolute atomic E-state index is 0.0995. The molecular weight excluding hydrogens is 602 g/mol. The van der Waals surface area contributed by atoms with Crippen molar-refractivity contribution in [3.8, 4) is 17.2 Å². The Hall–Kier alpha value is -5.39. The monoisotopic (exact) mass is 633 g/mol. The van der Waals surface area contributed by atoms with Gasteiger partial charge < -0.3 is 9.30 Å². The van der Waals surface area contributed by atoms with Crippen LogP contribution >= 0.6 is 0 Å². The lowest BCUT2D eigenvalue weighted by Gasteiger charge is -2.36. The fourth-order valence-electron chi connectivity index (χ4n) is 5.58. The van der Waals surface area contributed by atoms with Crippen LogP contribution in [-0.2, 0) is 31.2 Å². The van der Waals surface area contributed by atoms with Gasteiger partial charge in [0.15, 0.2) is 0 Å². The van der Waals surface area contributed by atoms with E-state index in [1.807, 2.05) is 108 Å². The van der Waals surface area contributed by atoms with Gasteiger partial charge in [-0.3, -0.25) is 4.18 Å². The van der Waals surface area contributed by atoms with E-state index in [4.69, 9.17) is 8.92 Å². The third kappa shape index (κ3) is 5.97. The van der Waals surface area contributed by atoms with E-state index in [0.717, 1.165) is 22.9 Å². The molecule has 6 aromatic rings. The zero-order chi connectivity index (χ0) is 32.1. The van der Waals surface area contributed by atoms with Crippen LogP contribution in [0.15, 0.2) is 128 Å². The van der Waals surface area contributed by atoms with Crippen molar-refractivity contribution in [1.82, 2.24) is 24.8 Å². The van der Waals surface area contributed by atoms with Gasteiger partial charge in [0.05, 0.1) is 30.7 Å². The molecule has 0 unspecified atom stereocenters. The first-order chi connectivity index (χ1) is 22.3. The molecule has 0 atom stereocenters. The Morgan fingerprint density at radius 1 is 0.804 bits per heavy atom. The van der Waals surface area contributed by atoms with E-state index in [-0.39, 0.29) is 13.2 Å². The molecule has 232 valence electrons. The van der Waals surface area contributed by atoms with Crippen molar-refractivity contribution in [2.75, 3.05) is 12.9 Å². The van der Waals surface area contributed by atoms with Crippen molar-refractivity contribution >= 4 is 16.1 Å². The summed E-state index contributed by atoms with van der Waals surface area (Å²) in [6.45, 7) is 1.87. The fourth-order valence-corrected chi connectivity index (χ4v) is 5.93. The van der Waals surface area contributed by atoms with Crippen molar-refractivity contribution in [1.29, 1.82) is 0 Å². The van der Waals surface area contributed by atoms with Crippen LogP contribution in [-0.4, -0.2) is 52.0 Å². The number of nitrogens with zero attached hydrogens (tertiary/aromatic N) is 5. The summed E-state index contributed by atoms with van der Waals surface area (Å²) in [7, 11) is -3.60. The maximum Gasteiger partial charge on any atom is 0.339 e. The SMILES string of the molecule is CCOC(=O)c1cc(-c2nnnn2C(c2ccccc2)(c2ccccc2)c2ccccc2)n(-c2ccc(COS(C)(=O)=O)cc2)c1. The fraction of sp³-hybridized carbons (Fsp3) is 0.143. The number of carbonyl (C=O) groups is 1. The van der Waals surface area contributed by atoms with E-state index in [2.05, 4.69) is 15.5 Å². The average Bonchev–Trinajstić information content (AvgIpc) is 3.74. The van der Waals surface area contributed by atoms with Crippen LogP contribution in [0.25, 0.3) is 17.2 Å². The Morgan fingerprint density at radius 3 is 1.85 bits per heavy atom. The minimum Gasteiger partial charge on any atom is -0.462 e. The van der Waals surface area contributed by atoms with Gasteiger partial charge in [-0.25, -0.2) is 9.48 Å². The molecule has 0 spiro atoms. The number of rotatable bonds is 11. The average molecular weight is 634 g/mol. The van der Waals surface area contributed by atoms with Crippen molar-refractivity contribution < 1.29 is 22.1 Å². The second kappa shape index (κ2) is 12.9. The summed E-state index contributed by atoms with van der Waals surface area (Å²) in [6.07, 6.45) is 2.69. The molecule has 4 aromatic carbocycles. The number of benzene rings is 4. The van der Waals surface area contributed by atoms with Gasteiger partial charge in [-0.05, 0) is 57.8 Å². The highest BCUT2D eigenvalue weighted by Gasteiger charge is 2.42. The molecule has 0 aliphatic carbocycles. The Kier molecular flexibility index (Phi) is 8.60. The molecule has 2 aromatic heterocycles. The Morgan fingerprint density at radius 2 is 1.35 bits per heavy atom. The molecule has 0 aliphatic rings. The van der Waals surface area contributed by atoms with Gasteiger partial charge in [-0.2, -0.15) is 8.42 Å². The van der Waals surface area contributed by atoms with Gasteiger partial charge >= 0.3 is 5.97 Å². The number of hydrogen-bond acceptors (Lipinski definition) is 8. The number of ether oxygens (including phenoxy) is 1. The summed E-state index contributed by atoms with van der Waals surface area (Å²) in [5, 5.41) is 13.4. The summed E-state index contributed by atoms with van der Waals surface area (Å²) >= 11 is 0. The maximum absolute atomic E-state index is 13.0. The molecule has 0 saturated carbocycles. The number of hydrogen-bond donors (Lipinski definition) is 0. The predicted octanol–water partition coefficient (Wildman–Crippen LogP) is 5.62. The van der Waals surface area contributed by atoms with E-state index >= 15 is 0 Å². The highest BCUT2D eigenvalue weighted by atomic mass is 32.2. The Labute approximate surface area is 267 Å². The van der Waals surface area contributed by atoms with Crippen LogP contribution in [0.4, 0.5) is 0 Å². The number of esters is 1. The van der Waals surface area contributed by atoms with Crippen LogP contribution in [0.1, 0.15) is 39.5 Å². The molecule has 11 heteroatoms. The molecule has 10 nitrogen and oxygen atoms in total. The highest BCUT2D eigenvalue weighted by Crippen LogP contribution is 2.42. The third-order valence-electron chi connectivity index (χ3n) is 7.58. The van der Waals surface area contributed by atoms with Crippen molar-refractivity contribution in [2.45, 2.75) is 19.1 Å². The quantitative estimate of drug-likeness (QED) is 0.102. The third-order valence-corrected chi connectivity index (χ3v) is 8.12. The van der Waals surface area contributed by atoms with Gasteiger partial charge in [0.1, 0.15) is 5.54 Å². The van der Waals surface area contributed by atoms with Gasteiger partial charge in [0.25, 0.3) is 10.1 Å². The van der Waals surface area contributed by atoms with Crippen LogP contribution < -0.4 is 0 Å². The molecule has 0 fully saturated rings. The van der Waals surface area contributed by atoms with E-state index in [9.17, 15) is 13.2 Å². The molecule has 0 radical (unpaired) electrons. The number of aromatic nitrogens is 5. The van der Waals surface area contributed by atoms with Crippen molar-refractivity contribution in [3.05, 3.63) is 155 Å². The van der Waals surface area contributed by atoms with Crippen molar-refractivity contribution in [2.24, 2.45) is 0 Å². The van der Waals surface area contributed by atoms with Crippen LogP contribution in [0.2, 0.25) is 0 Å². The Bertz CT molecular complexity index is 1950. The molecule has 0 bridgehead atoms. The maximum atomic E-state index is 13.0. The summed E-state index contributed by atoms with van der Waals surface area (Å²) in [4.78, 5) is 13.0. The molecule has 0 amide bonds. The second-order valence-electron chi connectivity index (χ2n) is 10.6. The van der Waals surface area contributed by atoms with Gasteiger partial charge in [-0.1, -0.05) is 103 Å². The smallest absolute Gasteiger partial charge is 0.339 e. The summed E-state index contributed by atoms with van der Waals surface area (Å²) in [5.41, 5.74) is 4.00. The first-order valence-corrected chi connectivity index (χ1v) is 16.4. The van der Waals surface area contributed by atoms with Gasteiger partial charge in [-0.15, -0.1) is 5.10 Å². The van der Waals surface area contributed by atoms with Gasteiger partial charge in [0.2, 0.25) is 5.82 Å². The zero-order valence-electron chi connectivity index (χ0n) is 25.2. The first kappa shape index (κ1) is 30.6. The molecule has 2 heterocycles. The lowest BCUT2D eigenvalue weighted by atomic mass is 9.77. The molecular formula is C35H31N5O5S. The number of carbonyl (C=O) groups excluding carboxylic acids is 1. The Balaban J connectivity index is 1.59. The molecule has 0 saturated heterocycles. The lowest BCUT2D eigenvalue weighted by molar-refractivity contribution is 0.0526. The molecule has 0 N–H and O–H groups in total. The minimum atomic E-state index is -3.60. The molecule has 46 heavy (non-hydrogen) atoms. The lowest BCUT2D eigenvalue weighted by Crippen LogP contribution is -2.39. The first-order valence-electron chi connectivity index (χ1n) is 14.6. The summed E-state index contributed by atoms with van der Waals surface area (Å²) in [6, 6.07) is 38.9. The largest absolute Gasteiger partial charge is 0.462 e. The van der Waals surface area contributed by atoms with E-state index in [1.165, 1.54) is 0 Å². The number of tetrazole rings is 1. The van der Waals surface area contributed by atoms with E-state index in [1.54, 1.807) is 36.0 Å². The van der Waals surface area contributed by atoms with E-state index in [0.29, 0.717) is 28.3 Å². The van der Waals surface area contributed by atoms with Crippen LogP contribution in [0.5, 0.6) is 0 Å². The summed E-state index contributed by atoms with van der Waals surface area (Å²) < 4.78 is 37.0. The van der Waals surface area contributed by atoms with E-state index < -0.39 is 21.6 Å². The highest BCUT2D eigenvalue weighted by molar-refractivity contribution is 7.85. The van der Waals surface area contributed by atoms with Crippen LogP contribution in [0, 0.1) is 0 Å². The standard InChI is InChI=1S/C35H31N5O5S/c1-3-44-34(41)27-23-32(39(24-27)31-21-19-26(20-22-31)25-45-46(2,42)43)33-36-37-38-40(33)35(28-13-7-4-8-14-28,29-15-9-5-10-16-29)30-17-11-6-12-18-30/h4-24H,3,25H2,1-2H3. The van der Waals surface area contributed by atoms with Gasteiger partial charge in [0, 0.05) is 11.9 Å². The normalized spacial score (nSPS) is 11.8. The summed E-state index contributed by atoms with van der Waals surface area (Å²) in [5.74, 6) is -0.0864. The zero-order valence-corrected chi connectivity index (χ0v) is 26.0. The predicted molar refractivity (Wildman–Crippen MR) is 173 cm³/mol. The second-order valence-corrected chi connectivity index (χ2v) is 12.2. The molecule has 6 rings (SSSR count). The topological polar surface area (TPSA) is 118 Å².